The number of rotatable bonds is 2. The Morgan fingerprint density at radius 3 is 2.88 bits per heavy atom. The molecule has 0 spiro atoms. The molecule has 3 rings (SSSR count). The maximum absolute atomic E-state index is 5.43. The third-order valence-electron chi connectivity index (χ3n) is 2.74. The largest absolute Gasteiger partial charge is 0.497 e. The molecule has 0 saturated heterocycles. The highest BCUT2D eigenvalue weighted by molar-refractivity contribution is 5.90. The van der Waals surface area contributed by atoms with Crippen LogP contribution >= 0.6 is 0 Å². The van der Waals surface area contributed by atoms with Gasteiger partial charge in [-0.25, -0.2) is 4.98 Å². The van der Waals surface area contributed by atoms with Gasteiger partial charge in [0.05, 0.1) is 7.11 Å². The van der Waals surface area contributed by atoms with Crippen LogP contribution in [0.4, 0.5) is 0 Å². The fourth-order valence-corrected chi connectivity index (χ4v) is 1.90. The molecule has 0 fully saturated rings. The number of nitrogens with zero attached hydrogens (tertiary/aromatic N) is 1. The molecule has 3 aromatic rings. The molecule has 0 atom stereocenters. The van der Waals surface area contributed by atoms with Crippen molar-refractivity contribution in [3.8, 4) is 16.9 Å². The SMILES string of the molecule is COc1cccc(-c2cccc3ncoc23)c1. The Balaban J connectivity index is 2.23. The van der Waals surface area contributed by atoms with Gasteiger partial charge in [0.15, 0.2) is 12.0 Å². The summed E-state index contributed by atoms with van der Waals surface area (Å²) in [5.74, 6) is 0.832. The quantitative estimate of drug-likeness (QED) is 0.669. The number of fused-ring (bicyclic) bond motifs is 1. The topological polar surface area (TPSA) is 35.3 Å². The molecule has 3 nitrogen and oxygen atoms in total. The number of hydrogen-bond donors (Lipinski definition) is 0. The van der Waals surface area contributed by atoms with Crippen molar-refractivity contribution in [2.45, 2.75) is 0 Å². The van der Waals surface area contributed by atoms with Crippen LogP contribution < -0.4 is 4.74 Å². The molecule has 0 radical (unpaired) electrons. The van der Waals surface area contributed by atoms with Gasteiger partial charge in [-0.2, -0.15) is 0 Å². The van der Waals surface area contributed by atoms with Crippen LogP contribution in [0, 0.1) is 0 Å². The molecule has 1 heterocycles. The van der Waals surface area contributed by atoms with E-state index >= 15 is 0 Å². The zero-order valence-electron chi connectivity index (χ0n) is 9.38. The summed E-state index contributed by atoms with van der Waals surface area (Å²) in [6.07, 6.45) is 1.47. The van der Waals surface area contributed by atoms with Crippen LogP contribution in [0.25, 0.3) is 22.2 Å². The normalized spacial score (nSPS) is 10.6. The first-order chi connectivity index (χ1) is 8.38. The first-order valence-electron chi connectivity index (χ1n) is 5.35. The number of benzene rings is 2. The van der Waals surface area contributed by atoms with Crippen LogP contribution in [0.1, 0.15) is 0 Å². The van der Waals surface area contributed by atoms with Crippen molar-refractivity contribution in [2.75, 3.05) is 7.11 Å². The fourth-order valence-electron chi connectivity index (χ4n) is 1.90. The second-order valence-electron chi connectivity index (χ2n) is 3.74. The molecule has 17 heavy (non-hydrogen) atoms. The van der Waals surface area contributed by atoms with Gasteiger partial charge in [-0.05, 0) is 23.8 Å². The van der Waals surface area contributed by atoms with Gasteiger partial charge in [-0.1, -0.05) is 24.3 Å². The molecular formula is C14H11NO2. The van der Waals surface area contributed by atoms with Crippen molar-refractivity contribution in [2.24, 2.45) is 0 Å². The van der Waals surface area contributed by atoms with E-state index < -0.39 is 0 Å². The highest BCUT2D eigenvalue weighted by atomic mass is 16.5. The summed E-state index contributed by atoms with van der Waals surface area (Å²) in [6.45, 7) is 0. The smallest absolute Gasteiger partial charge is 0.182 e. The van der Waals surface area contributed by atoms with E-state index in [9.17, 15) is 0 Å². The zero-order valence-corrected chi connectivity index (χ0v) is 9.38. The van der Waals surface area contributed by atoms with Crippen LogP contribution in [0.2, 0.25) is 0 Å². The highest BCUT2D eigenvalue weighted by Crippen LogP contribution is 2.29. The summed E-state index contributed by atoms with van der Waals surface area (Å²) in [5.41, 5.74) is 3.76. The minimum absolute atomic E-state index is 0.806. The lowest BCUT2D eigenvalue weighted by molar-refractivity contribution is 0.415. The lowest BCUT2D eigenvalue weighted by Crippen LogP contribution is -1.84. The Labute approximate surface area is 98.7 Å². The zero-order chi connectivity index (χ0) is 11.7. The fraction of sp³-hybridized carbons (Fsp3) is 0.0714. The van der Waals surface area contributed by atoms with Gasteiger partial charge in [0, 0.05) is 5.56 Å². The van der Waals surface area contributed by atoms with Gasteiger partial charge < -0.3 is 9.15 Å². The molecule has 0 unspecified atom stereocenters. The number of oxazole rings is 1. The van der Waals surface area contributed by atoms with E-state index in [4.69, 9.17) is 9.15 Å². The Morgan fingerprint density at radius 2 is 2.00 bits per heavy atom. The van der Waals surface area contributed by atoms with Gasteiger partial charge in [0.25, 0.3) is 0 Å². The van der Waals surface area contributed by atoms with Gasteiger partial charge in [-0.15, -0.1) is 0 Å². The van der Waals surface area contributed by atoms with Crippen molar-refractivity contribution >= 4 is 11.1 Å². The number of hydrogen-bond acceptors (Lipinski definition) is 3. The number of ether oxygens (including phenoxy) is 1. The second-order valence-corrected chi connectivity index (χ2v) is 3.74. The van der Waals surface area contributed by atoms with Crippen LogP contribution in [0.3, 0.4) is 0 Å². The summed E-state index contributed by atoms with van der Waals surface area (Å²) in [5, 5.41) is 0. The molecule has 0 amide bonds. The summed E-state index contributed by atoms with van der Waals surface area (Å²) in [4.78, 5) is 4.15. The predicted molar refractivity (Wildman–Crippen MR) is 66.0 cm³/mol. The van der Waals surface area contributed by atoms with E-state index in [0.717, 1.165) is 28.0 Å². The minimum Gasteiger partial charge on any atom is -0.497 e. The van der Waals surface area contributed by atoms with Crippen molar-refractivity contribution in [1.82, 2.24) is 4.98 Å². The molecular weight excluding hydrogens is 214 g/mol. The molecule has 0 aliphatic carbocycles. The van der Waals surface area contributed by atoms with Crippen molar-refractivity contribution < 1.29 is 9.15 Å². The third-order valence-corrected chi connectivity index (χ3v) is 2.74. The minimum atomic E-state index is 0.806. The van der Waals surface area contributed by atoms with Crippen LogP contribution in [-0.4, -0.2) is 12.1 Å². The van der Waals surface area contributed by atoms with E-state index in [2.05, 4.69) is 4.98 Å². The Morgan fingerprint density at radius 1 is 1.12 bits per heavy atom. The number of para-hydroxylation sites is 1. The van der Waals surface area contributed by atoms with E-state index in [1.54, 1.807) is 7.11 Å². The van der Waals surface area contributed by atoms with E-state index in [1.165, 1.54) is 6.39 Å². The third kappa shape index (κ3) is 1.65. The first kappa shape index (κ1) is 9.90. The molecule has 0 aliphatic rings. The Hall–Kier alpha value is -2.29. The molecule has 1 aromatic heterocycles. The van der Waals surface area contributed by atoms with Crippen molar-refractivity contribution in [3.63, 3.8) is 0 Å². The first-order valence-corrected chi connectivity index (χ1v) is 5.35. The molecule has 0 aliphatic heterocycles. The number of aromatic nitrogens is 1. The maximum atomic E-state index is 5.43. The standard InChI is InChI=1S/C14H11NO2/c1-16-11-5-2-4-10(8-11)12-6-3-7-13-14(12)17-9-15-13/h2-9H,1H3. The van der Waals surface area contributed by atoms with Gasteiger partial charge in [0.2, 0.25) is 0 Å². The Kier molecular flexibility index (Phi) is 2.29. The Bertz CT molecular complexity index is 658. The van der Waals surface area contributed by atoms with Crippen LogP contribution in [-0.2, 0) is 0 Å². The average Bonchev–Trinajstić information content (AvgIpc) is 2.87. The molecule has 2 aromatic carbocycles. The maximum Gasteiger partial charge on any atom is 0.182 e. The van der Waals surface area contributed by atoms with Gasteiger partial charge in [-0.3, -0.25) is 0 Å². The van der Waals surface area contributed by atoms with Gasteiger partial charge in [0.1, 0.15) is 11.3 Å². The highest BCUT2D eigenvalue weighted by Gasteiger charge is 2.07. The summed E-state index contributed by atoms with van der Waals surface area (Å²) in [6, 6.07) is 13.8. The number of methoxy groups -OCH3 is 1. The molecule has 0 saturated carbocycles. The molecule has 0 bridgehead atoms. The average molecular weight is 225 g/mol. The second kappa shape index (κ2) is 3.94. The van der Waals surface area contributed by atoms with Gasteiger partial charge >= 0.3 is 0 Å². The molecule has 0 N–H and O–H groups in total. The summed E-state index contributed by atoms with van der Waals surface area (Å²) < 4.78 is 10.6. The lowest BCUT2D eigenvalue weighted by Gasteiger charge is -2.04. The van der Waals surface area contributed by atoms with E-state index in [-0.39, 0.29) is 0 Å². The van der Waals surface area contributed by atoms with Crippen LogP contribution in [0.15, 0.2) is 53.3 Å². The lowest BCUT2D eigenvalue weighted by atomic mass is 10.0. The van der Waals surface area contributed by atoms with Crippen LogP contribution in [0.5, 0.6) is 5.75 Å². The molecule has 3 heteroatoms. The van der Waals surface area contributed by atoms with E-state index in [0.29, 0.717) is 0 Å². The monoisotopic (exact) mass is 225 g/mol. The van der Waals surface area contributed by atoms with Crippen molar-refractivity contribution in [3.05, 3.63) is 48.9 Å². The van der Waals surface area contributed by atoms with Crippen molar-refractivity contribution in [1.29, 1.82) is 0 Å². The molecule has 84 valence electrons. The summed E-state index contributed by atoms with van der Waals surface area (Å²) >= 11 is 0. The predicted octanol–water partition coefficient (Wildman–Crippen LogP) is 3.50. The summed E-state index contributed by atoms with van der Waals surface area (Å²) in [7, 11) is 1.66. The van der Waals surface area contributed by atoms with E-state index in [1.807, 2.05) is 42.5 Å².